The molecule has 0 radical (unpaired) electrons. The molecule has 0 saturated heterocycles. The lowest BCUT2D eigenvalue weighted by Gasteiger charge is -2.24. The summed E-state index contributed by atoms with van der Waals surface area (Å²) in [6.45, 7) is 2.69. The number of benzene rings is 1. The van der Waals surface area contributed by atoms with Crippen LogP contribution in [0.3, 0.4) is 0 Å². The van der Waals surface area contributed by atoms with Crippen molar-refractivity contribution in [2.24, 2.45) is 0 Å². The van der Waals surface area contributed by atoms with Gasteiger partial charge in [0.2, 0.25) is 10.0 Å². The van der Waals surface area contributed by atoms with E-state index in [2.05, 4.69) is 0 Å². The molecule has 1 aliphatic rings. The van der Waals surface area contributed by atoms with Crippen LogP contribution in [-0.2, 0) is 10.0 Å². The Bertz CT molecular complexity index is 609. The van der Waals surface area contributed by atoms with E-state index >= 15 is 0 Å². The Morgan fingerprint density at radius 3 is 2.63 bits per heavy atom. The molecule has 2 N–H and O–H groups in total. The third kappa shape index (κ3) is 2.59. The molecule has 1 aromatic carbocycles. The van der Waals surface area contributed by atoms with Gasteiger partial charge in [-0.2, -0.15) is 4.31 Å². The van der Waals surface area contributed by atoms with Crippen molar-refractivity contribution in [3.8, 4) is 5.75 Å². The maximum Gasteiger partial charge on any atom is 0.247 e. The average Bonchev–Trinajstić information content (AvgIpc) is 2.42. The Labute approximate surface area is 113 Å². The van der Waals surface area contributed by atoms with Gasteiger partial charge in [-0.25, -0.2) is 8.42 Å². The Kier molecular flexibility index (Phi) is 3.82. The van der Waals surface area contributed by atoms with Crippen LogP contribution in [0.2, 0.25) is 0 Å². The zero-order valence-electron chi connectivity index (χ0n) is 11.1. The van der Waals surface area contributed by atoms with Crippen molar-refractivity contribution in [2.45, 2.75) is 18.2 Å². The number of methoxy groups -OCH3 is 1. The number of anilines is 1. The molecule has 0 aliphatic carbocycles. The van der Waals surface area contributed by atoms with Crippen LogP contribution in [0, 0.1) is 6.92 Å². The van der Waals surface area contributed by atoms with Crippen LogP contribution in [0.4, 0.5) is 5.69 Å². The van der Waals surface area contributed by atoms with Gasteiger partial charge < -0.3 is 10.5 Å². The van der Waals surface area contributed by atoms with Crippen LogP contribution in [0.5, 0.6) is 5.75 Å². The van der Waals surface area contributed by atoms with Crippen molar-refractivity contribution in [1.29, 1.82) is 0 Å². The third-order valence-corrected chi connectivity index (χ3v) is 5.08. The van der Waals surface area contributed by atoms with E-state index in [-0.39, 0.29) is 4.90 Å². The first-order valence-electron chi connectivity index (χ1n) is 6.06. The number of sulfonamides is 1. The minimum atomic E-state index is -3.57. The minimum absolute atomic E-state index is 0.133. The summed E-state index contributed by atoms with van der Waals surface area (Å²) in [5.74, 6) is 0.334. The van der Waals surface area contributed by atoms with Crippen LogP contribution in [0.15, 0.2) is 29.2 Å². The normalized spacial score (nSPS) is 16.5. The van der Waals surface area contributed by atoms with Gasteiger partial charge in [-0.3, -0.25) is 0 Å². The van der Waals surface area contributed by atoms with E-state index in [4.69, 9.17) is 10.5 Å². The van der Waals surface area contributed by atoms with Crippen molar-refractivity contribution in [3.05, 3.63) is 29.8 Å². The zero-order chi connectivity index (χ0) is 14.0. The SMILES string of the molecule is COc1cc(C)c(N)cc1S(=O)(=O)N1CC=CCC1. The lowest BCUT2D eigenvalue weighted by Crippen LogP contribution is -2.34. The molecule has 5 nitrogen and oxygen atoms in total. The van der Waals surface area contributed by atoms with Crippen molar-refractivity contribution < 1.29 is 13.2 Å². The van der Waals surface area contributed by atoms with Gasteiger partial charge in [0.05, 0.1) is 7.11 Å². The molecule has 0 saturated carbocycles. The van der Waals surface area contributed by atoms with Crippen molar-refractivity contribution in [3.63, 3.8) is 0 Å². The summed E-state index contributed by atoms with van der Waals surface area (Å²) in [5.41, 5.74) is 7.07. The van der Waals surface area contributed by atoms with E-state index in [0.717, 1.165) is 12.0 Å². The van der Waals surface area contributed by atoms with Crippen molar-refractivity contribution >= 4 is 15.7 Å². The molecular formula is C13H18N2O3S. The van der Waals surface area contributed by atoms with E-state index in [1.54, 1.807) is 6.07 Å². The Morgan fingerprint density at radius 2 is 2.05 bits per heavy atom. The highest BCUT2D eigenvalue weighted by atomic mass is 32.2. The molecule has 6 heteroatoms. The molecular weight excluding hydrogens is 264 g/mol. The fourth-order valence-corrected chi connectivity index (χ4v) is 3.59. The Morgan fingerprint density at radius 1 is 1.32 bits per heavy atom. The van der Waals surface area contributed by atoms with Gasteiger partial charge in [0.15, 0.2) is 0 Å². The predicted octanol–water partition coefficient (Wildman–Crippen LogP) is 1.54. The fourth-order valence-electron chi connectivity index (χ4n) is 2.02. The highest BCUT2D eigenvalue weighted by molar-refractivity contribution is 7.89. The molecule has 1 aliphatic heterocycles. The topological polar surface area (TPSA) is 72.6 Å². The second-order valence-corrected chi connectivity index (χ2v) is 6.39. The minimum Gasteiger partial charge on any atom is -0.495 e. The van der Waals surface area contributed by atoms with Gasteiger partial charge in [0.1, 0.15) is 10.6 Å². The van der Waals surface area contributed by atoms with Gasteiger partial charge >= 0.3 is 0 Å². The van der Waals surface area contributed by atoms with Gasteiger partial charge in [-0.1, -0.05) is 12.2 Å². The van der Waals surface area contributed by atoms with Gasteiger partial charge in [-0.05, 0) is 31.0 Å². The van der Waals surface area contributed by atoms with Crippen molar-refractivity contribution in [1.82, 2.24) is 4.31 Å². The number of hydrogen-bond donors (Lipinski definition) is 1. The van der Waals surface area contributed by atoms with E-state index in [9.17, 15) is 8.42 Å². The quantitative estimate of drug-likeness (QED) is 0.674. The summed E-state index contributed by atoms with van der Waals surface area (Å²) in [5, 5.41) is 0. The van der Waals surface area contributed by atoms with Crippen LogP contribution in [0.25, 0.3) is 0 Å². The van der Waals surface area contributed by atoms with E-state index < -0.39 is 10.0 Å². The molecule has 19 heavy (non-hydrogen) atoms. The van der Waals surface area contributed by atoms with E-state index in [0.29, 0.717) is 24.5 Å². The first-order valence-corrected chi connectivity index (χ1v) is 7.50. The lowest BCUT2D eigenvalue weighted by atomic mass is 10.2. The molecule has 0 fully saturated rings. The summed E-state index contributed by atoms with van der Waals surface area (Å²) in [6, 6.07) is 3.13. The zero-order valence-corrected chi connectivity index (χ0v) is 11.9. The first-order chi connectivity index (χ1) is 8.96. The van der Waals surface area contributed by atoms with Gasteiger partial charge in [0, 0.05) is 18.8 Å². The number of nitrogen functional groups attached to an aromatic ring is 1. The van der Waals surface area contributed by atoms with Crippen molar-refractivity contribution in [2.75, 3.05) is 25.9 Å². The Balaban J connectivity index is 2.50. The van der Waals surface area contributed by atoms with Gasteiger partial charge in [0.25, 0.3) is 0 Å². The van der Waals surface area contributed by atoms with Gasteiger partial charge in [-0.15, -0.1) is 0 Å². The number of hydrogen-bond acceptors (Lipinski definition) is 4. The molecule has 0 spiro atoms. The number of nitrogens with zero attached hydrogens (tertiary/aromatic N) is 1. The lowest BCUT2D eigenvalue weighted by molar-refractivity contribution is 0.394. The molecule has 1 aromatic rings. The van der Waals surface area contributed by atoms with Crippen LogP contribution in [0.1, 0.15) is 12.0 Å². The Hall–Kier alpha value is -1.53. The molecule has 0 aromatic heterocycles. The number of nitrogens with two attached hydrogens (primary N) is 1. The molecule has 104 valence electrons. The summed E-state index contributed by atoms with van der Waals surface area (Å²) in [4.78, 5) is 0.133. The predicted molar refractivity (Wildman–Crippen MR) is 74.7 cm³/mol. The first kappa shape index (κ1) is 13.9. The maximum absolute atomic E-state index is 12.6. The average molecular weight is 282 g/mol. The largest absolute Gasteiger partial charge is 0.495 e. The number of ether oxygens (including phenoxy) is 1. The second kappa shape index (κ2) is 5.22. The highest BCUT2D eigenvalue weighted by Gasteiger charge is 2.28. The maximum atomic E-state index is 12.6. The summed E-state index contributed by atoms with van der Waals surface area (Å²) in [7, 11) is -2.11. The summed E-state index contributed by atoms with van der Waals surface area (Å²) >= 11 is 0. The standard InChI is InChI=1S/C13H18N2O3S/c1-10-8-12(18-2)13(9-11(10)14)19(16,17)15-6-4-3-5-7-15/h3-4,8-9H,5-7,14H2,1-2H3. The second-order valence-electron chi connectivity index (χ2n) is 4.48. The van der Waals surface area contributed by atoms with E-state index in [1.807, 2.05) is 19.1 Å². The fraction of sp³-hybridized carbons (Fsp3) is 0.385. The molecule has 0 bridgehead atoms. The van der Waals surface area contributed by atoms with Crippen LogP contribution < -0.4 is 10.5 Å². The number of rotatable bonds is 3. The summed E-state index contributed by atoms with van der Waals surface area (Å²) in [6.07, 6.45) is 4.56. The monoisotopic (exact) mass is 282 g/mol. The molecule has 1 heterocycles. The number of aryl methyl sites for hydroxylation is 1. The molecule has 2 rings (SSSR count). The van der Waals surface area contributed by atoms with E-state index in [1.165, 1.54) is 17.5 Å². The molecule has 0 amide bonds. The molecule has 0 atom stereocenters. The van der Waals surface area contributed by atoms with Crippen LogP contribution >= 0.6 is 0 Å². The smallest absolute Gasteiger partial charge is 0.247 e. The highest BCUT2D eigenvalue weighted by Crippen LogP contribution is 2.31. The summed E-state index contributed by atoms with van der Waals surface area (Å²) < 4.78 is 31.8. The third-order valence-electron chi connectivity index (χ3n) is 3.19. The van der Waals surface area contributed by atoms with Crippen LogP contribution in [-0.4, -0.2) is 32.9 Å². The molecule has 0 unspecified atom stereocenters.